The molecule has 0 bridgehead atoms. The van der Waals surface area contributed by atoms with Crippen molar-refractivity contribution in [3.8, 4) is 0 Å². The number of carbonyl (C=O) groups is 4. The second kappa shape index (κ2) is 230. The smallest absolute Gasteiger partial charge is 2.00 e. The summed E-state index contributed by atoms with van der Waals surface area (Å²) in [4.78, 5) is 33.3. The van der Waals surface area contributed by atoms with Gasteiger partial charge in [0.15, 0.2) is 0 Å². The second-order valence-corrected chi connectivity index (χ2v) is 1.00. The topological polar surface area (TPSA) is 601 Å². The molecule has 0 unspecified atom stereocenters. The van der Waals surface area contributed by atoms with Crippen LogP contribution in [0.15, 0.2) is 0 Å². The Morgan fingerprint density at radius 3 is 0.257 bits per heavy atom. The number of hydrogen-bond donors (Lipinski definition) is 0. The summed E-state index contributed by atoms with van der Waals surface area (Å²) >= 11 is 0. The van der Waals surface area contributed by atoms with Gasteiger partial charge in [0.2, 0.25) is 0 Å². The Morgan fingerprint density at radius 1 is 0.257 bits per heavy atom. The van der Waals surface area contributed by atoms with Crippen LogP contribution in [0.5, 0.6) is 0 Å². The Morgan fingerprint density at radius 2 is 0.257 bits per heavy atom. The molecular formula is C4H4O24Ti7. The van der Waals surface area contributed by atoms with E-state index in [-0.39, 0.29) is 218 Å². The fourth-order valence-corrected chi connectivity index (χ4v) is 0. The van der Waals surface area contributed by atoms with Gasteiger partial charge in [0.1, 0.15) is 0 Å². The Kier molecular flexibility index (Phi) is 1650. The molecule has 0 saturated heterocycles. The van der Waals surface area contributed by atoms with E-state index in [1.165, 1.54) is 0 Å². The van der Waals surface area contributed by atoms with Crippen molar-refractivity contribution in [3.63, 3.8) is 0 Å². The first kappa shape index (κ1) is 251. The predicted molar refractivity (Wildman–Crippen MR) is 34.8 cm³/mol. The van der Waals surface area contributed by atoms with Crippen molar-refractivity contribution in [2.24, 2.45) is 0 Å². The van der Waals surface area contributed by atoms with Crippen LogP contribution < -0.4 is 40.9 Å². The fourth-order valence-electron chi connectivity index (χ4n) is 0. The van der Waals surface area contributed by atoms with Gasteiger partial charge in [0.25, 0.3) is 0 Å². The number of hydrogen-bond acceptors (Lipinski definition) is 16. The summed E-state index contributed by atoms with van der Waals surface area (Å²) in [6.45, 7) is 0. The van der Waals surface area contributed by atoms with Gasteiger partial charge >= 0.3 is 152 Å². The second-order valence-electron chi connectivity index (χ2n) is 1.00. The number of rotatable bonds is 0. The maximum absolute atomic E-state index is 8.33. The Labute approximate surface area is 299 Å². The fraction of sp³-hybridized carbons (Fsp3) is 0. The van der Waals surface area contributed by atoms with Crippen molar-refractivity contribution in [2.45, 2.75) is 0 Å². The molecule has 0 radical (unpaired) electrons. The van der Waals surface area contributed by atoms with Crippen molar-refractivity contribution in [3.05, 3.63) is 0 Å². The van der Waals surface area contributed by atoms with Crippen LogP contribution in [0.4, 0.5) is 19.2 Å². The summed E-state index contributed by atoms with van der Waals surface area (Å²) in [5.74, 6) is 0. The normalized spacial score (nSPS) is 2.74. The van der Waals surface area contributed by atoms with Crippen LogP contribution >= 0.6 is 0 Å². The SMILES string of the molecule is O=C([O-])[O-].O=C([O-])[O-].O=C([O-])[O-].O=C([O-])[O-].[O-2].[O-2].[O-2].[O-2].[O-2].[O-2].[O-2].[O-2].[OH-].[OH-].[OH-].[OH-].[Ti+4].[Ti+4].[Ti+4].[Ti+4].[Ti+4].[Ti+4].[Ti+4]. The maximum Gasteiger partial charge on any atom is 4.00 e. The van der Waals surface area contributed by atoms with E-state index >= 15 is 0 Å². The average Bonchev–Trinajstić information content (AvgIpc) is 1.76. The van der Waals surface area contributed by atoms with Gasteiger partial charge in [-0.1, -0.05) is 0 Å². The number of carboxylic acid groups (broad SMARTS) is 8. The van der Waals surface area contributed by atoms with Gasteiger partial charge in [-0.25, -0.2) is 0 Å². The van der Waals surface area contributed by atoms with Gasteiger partial charge < -0.3 is 126 Å². The van der Waals surface area contributed by atoms with E-state index < -0.39 is 24.6 Å². The molecular weight excluding hydrogens is 767 g/mol. The van der Waals surface area contributed by atoms with E-state index in [4.69, 9.17) is 60.0 Å². The molecule has 0 aliphatic carbocycles. The molecule has 0 fully saturated rings. The van der Waals surface area contributed by atoms with E-state index in [1.807, 2.05) is 0 Å². The summed E-state index contributed by atoms with van der Waals surface area (Å²) in [5, 5.41) is 66.7. The molecule has 0 amide bonds. The molecule has 192 valence electrons. The molecule has 0 saturated carbocycles. The first-order valence-electron chi connectivity index (χ1n) is 2.45. The molecule has 35 heavy (non-hydrogen) atoms. The van der Waals surface area contributed by atoms with Crippen LogP contribution in [0.1, 0.15) is 0 Å². The van der Waals surface area contributed by atoms with E-state index in [0.717, 1.165) is 0 Å². The van der Waals surface area contributed by atoms with Crippen molar-refractivity contribution in [1.29, 1.82) is 0 Å². The molecule has 31 heteroatoms. The molecule has 0 spiro atoms. The third kappa shape index (κ3) is 15700. The summed E-state index contributed by atoms with van der Waals surface area (Å²) in [5.41, 5.74) is 0. The van der Waals surface area contributed by atoms with E-state index in [2.05, 4.69) is 0 Å². The van der Waals surface area contributed by atoms with Crippen LogP contribution in [0.3, 0.4) is 0 Å². The van der Waals surface area contributed by atoms with E-state index in [0.29, 0.717) is 0 Å². The largest absolute Gasteiger partial charge is 4.00 e. The molecule has 0 aliphatic heterocycles. The molecule has 24 nitrogen and oxygen atoms in total. The molecule has 0 aromatic carbocycles. The minimum atomic E-state index is -2.33. The summed E-state index contributed by atoms with van der Waals surface area (Å²) in [6, 6.07) is 0. The first-order valence-corrected chi connectivity index (χ1v) is 2.45. The monoisotopic (exact) mass is 772 g/mol. The van der Waals surface area contributed by atoms with Crippen molar-refractivity contribution < 1.29 is 278 Å². The van der Waals surface area contributed by atoms with Gasteiger partial charge in [0, 0.05) is 0 Å². The third-order valence-corrected chi connectivity index (χ3v) is 0. The minimum Gasteiger partial charge on any atom is -2.00 e. The molecule has 0 aliphatic rings. The van der Waals surface area contributed by atoms with Crippen LogP contribution in [0, 0.1) is 0 Å². The Bertz CT molecular complexity index is 182. The van der Waals surface area contributed by atoms with Crippen LogP contribution in [0.25, 0.3) is 0 Å². The summed E-state index contributed by atoms with van der Waals surface area (Å²) in [7, 11) is 0. The summed E-state index contributed by atoms with van der Waals surface area (Å²) < 4.78 is 0. The van der Waals surface area contributed by atoms with Gasteiger partial charge in [-0.3, -0.25) is 0 Å². The standard InChI is InChI=1S/4CH2O3.4H2O.8O.7Ti/c4*2-1(3)4;;;;;;;;;;;;;;;;;;;/h4*(H2,2,3,4);4*1H2;;;;;;;;;;;;;;;/q;;;;;;;;8*-2;7*+4/p-12. The Balaban J connectivity index is -0.00000000221. The van der Waals surface area contributed by atoms with Gasteiger partial charge in [-0.15, -0.1) is 0 Å². The minimum absolute atomic E-state index is 0. The molecule has 0 aromatic rings. The van der Waals surface area contributed by atoms with Gasteiger partial charge in [-0.2, -0.15) is 0 Å². The van der Waals surface area contributed by atoms with Gasteiger partial charge in [0.05, 0.1) is 0 Å². The molecule has 0 aromatic heterocycles. The van der Waals surface area contributed by atoms with E-state index in [1.54, 1.807) is 0 Å². The van der Waals surface area contributed by atoms with Crippen molar-refractivity contribution in [2.75, 3.05) is 0 Å². The van der Waals surface area contributed by atoms with Crippen LogP contribution in [-0.2, 0) is 196 Å². The zero-order valence-corrected chi connectivity index (χ0v) is 26.4. The maximum atomic E-state index is 8.33. The van der Waals surface area contributed by atoms with Crippen LogP contribution in [-0.4, -0.2) is 46.5 Å². The van der Waals surface area contributed by atoms with Crippen molar-refractivity contribution >= 4 is 24.6 Å². The summed E-state index contributed by atoms with van der Waals surface area (Å²) in [6.07, 6.45) is -9.33. The quantitative estimate of drug-likeness (QED) is 0.206. The average molecular weight is 771 g/mol. The Hall–Kier alpha value is 1.60. The van der Waals surface area contributed by atoms with Gasteiger partial charge in [-0.05, 0) is 24.6 Å². The molecule has 0 rings (SSSR count). The molecule has 4 N–H and O–H groups in total. The predicted octanol–water partition coefficient (Wildman–Crippen LogP) is -11.5. The molecule has 0 atom stereocenters. The molecule has 0 heterocycles. The number of carbonyl (C=O) groups excluding carboxylic acids is 4. The zero-order valence-electron chi connectivity index (χ0n) is 15.5. The van der Waals surface area contributed by atoms with Crippen LogP contribution in [0.2, 0.25) is 0 Å². The van der Waals surface area contributed by atoms with Crippen molar-refractivity contribution in [1.82, 2.24) is 0 Å². The first-order chi connectivity index (χ1) is 6.93. The zero-order chi connectivity index (χ0) is 14.3. The van der Waals surface area contributed by atoms with E-state index in [9.17, 15) is 0 Å². The third-order valence-electron chi connectivity index (χ3n) is 0.